The van der Waals surface area contributed by atoms with Crippen LogP contribution >= 0.6 is 0 Å². The van der Waals surface area contributed by atoms with E-state index in [1.165, 1.54) is 38.5 Å². The SMILES string of the molecule is [CH2]CCCC(CCCCCCCC)OCCO. The fourth-order valence-corrected chi connectivity index (χ4v) is 2.05. The van der Waals surface area contributed by atoms with Crippen LogP contribution < -0.4 is 0 Å². The number of aliphatic hydroxyl groups excluding tert-OH is 1. The highest BCUT2D eigenvalue weighted by atomic mass is 16.5. The van der Waals surface area contributed by atoms with Crippen molar-refractivity contribution in [1.29, 1.82) is 0 Å². The van der Waals surface area contributed by atoms with E-state index in [2.05, 4.69) is 13.8 Å². The van der Waals surface area contributed by atoms with Gasteiger partial charge in [0.15, 0.2) is 0 Å². The van der Waals surface area contributed by atoms with Gasteiger partial charge in [-0.3, -0.25) is 0 Å². The van der Waals surface area contributed by atoms with E-state index in [1.54, 1.807) is 0 Å². The summed E-state index contributed by atoms with van der Waals surface area (Å²) in [5, 5.41) is 8.77. The molecule has 0 bridgehead atoms. The van der Waals surface area contributed by atoms with Gasteiger partial charge in [0.2, 0.25) is 0 Å². The second-order valence-corrected chi connectivity index (χ2v) is 4.77. The minimum atomic E-state index is 0.136. The molecular formula is C15H31O2. The highest BCUT2D eigenvalue weighted by Crippen LogP contribution is 2.14. The van der Waals surface area contributed by atoms with Crippen molar-refractivity contribution in [3.8, 4) is 0 Å². The van der Waals surface area contributed by atoms with E-state index >= 15 is 0 Å². The van der Waals surface area contributed by atoms with E-state index in [1.807, 2.05) is 0 Å². The van der Waals surface area contributed by atoms with Crippen molar-refractivity contribution in [2.45, 2.75) is 77.2 Å². The minimum absolute atomic E-state index is 0.136. The van der Waals surface area contributed by atoms with Gasteiger partial charge in [0.05, 0.1) is 19.3 Å². The Labute approximate surface area is 108 Å². The van der Waals surface area contributed by atoms with Crippen LogP contribution in [-0.4, -0.2) is 24.4 Å². The molecule has 0 aliphatic heterocycles. The summed E-state index contributed by atoms with van der Waals surface area (Å²) in [4.78, 5) is 0. The third kappa shape index (κ3) is 12.2. The van der Waals surface area contributed by atoms with Gasteiger partial charge in [-0.05, 0) is 12.8 Å². The van der Waals surface area contributed by atoms with Crippen LogP contribution in [0, 0.1) is 6.92 Å². The van der Waals surface area contributed by atoms with Crippen LogP contribution in [0.15, 0.2) is 0 Å². The molecule has 17 heavy (non-hydrogen) atoms. The molecule has 2 nitrogen and oxygen atoms in total. The molecule has 0 aromatic heterocycles. The lowest BCUT2D eigenvalue weighted by molar-refractivity contribution is 0.0172. The van der Waals surface area contributed by atoms with E-state index in [0.29, 0.717) is 12.7 Å². The van der Waals surface area contributed by atoms with Gasteiger partial charge in [0.25, 0.3) is 0 Å². The predicted octanol–water partition coefficient (Wildman–Crippen LogP) is 4.12. The average Bonchev–Trinajstić information content (AvgIpc) is 2.35. The highest BCUT2D eigenvalue weighted by Gasteiger charge is 2.07. The Morgan fingerprint density at radius 1 is 1.00 bits per heavy atom. The summed E-state index contributed by atoms with van der Waals surface area (Å²) in [6.45, 7) is 6.73. The maximum absolute atomic E-state index is 8.77. The number of aliphatic hydroxyl groups is 1. The van der Waals surface area contributed by atoms with Crippen LogP contribution in [0.4, 0.5) is 0 Å². The molecule has 0 aliphatic rings. The average molecular weight is 243 g/mol. The molecule has 103 valence electrons. The minimum Gasteiger partial charge on any atom is -0.394 e. The van der Waals surface area contributed by atoms with Gasteiger partial charge >= 0.3 is 0 Å². The Kier molecular flexibility index (Phi) is 13.9. The first-order valence-electron chi connectivity index (χ1n) is 7.36. The van der Waals surface area contributed by atoms with Crippen molar-refractivity contribution < 1.29 is 9.84 Å². The normalized spacial score (nSPS) is 12.9. The van der Waals surface area contributed by atoms with Gasteiger partial charge < -0.3 is 9.84 Å². The van der Waals surface area contributed by atoms with Gasteiger partial charge in [-0.15, -0.1) is 0 Å². The Hall–Kier alpha value is -0.0800. The first-order chi connectivity index (χ1) is 8.35. The fourth-order valence-electron chi connectivity index (χ4n) is 2.05. The molecule has 1 radical (unpaired) electrons. The lowest BCUT2D eigenvalue weighted by Crippen LogP contribution is -2.15. The number of unbranched alkanes of at least 4 members (excludes halogenated alkanes) is 6. The summed E-state index contributed by atoms with van der Waals surface area (Å²) in [6, 6.07) is 0. The van der Waals surface area contributed by atoms with Crippen LogP contribution in [0.25, 0.3) is 0 Å². The number of hydrogen-bond donors (Lipinski definition) is 1. The molecule has 0 aliphatic carbocycles. The van der Waals surface area contributed by atoms with Gasteiger partial charge in [-0.25, -0.2) is 0 Å². The van der Waals surface area contributed by atoms with E-state index in [4.69, 9.17) is 9.84 Å². The zero-order chi connectivity index (χ0) is 12.8. The Balaban J connectivity index is 3.45. The fraction of sp³-hybridized carbons (Fsp3) is 0.933. The zero-order valence-electron chi connectivity index (χ0n) is 11.6. The van der Waals surface area contributed by atoms with Crippen LogP contribution in [0.1, 0.15) is 71.1 Å². The Morgan fingerprint density at radius 3 is 2.29 bits per heavy atom. The van der Waals surface area contributed by atoms with Crippen molar-refractivity contribution in [3.05, 3.63) is 6.92 Å². The lowest BCUT2D eigenvalue weighted by Gasteiger charge is -2.17. The summed E-state index contributed by atoms with van der Waals surface area (Å²) in [6.07, 6.45) is 12.7. The third-order valence-electron chi connectivity index (χ3n) is 3.10. The zero-order valence-corrected chi connectivity index (χ0v) is 11.6. The van der Waals surface area contributed by atoms with Crippen molar-refractivity contribution in [3.63, 3.8) is 0 Å². The molecule has 0 rings (SSSR count). The maximum atomic E-state index is 8.77. The smallest absolute Gasteiger partial charge is 0.0701 e. The van der Waals surface area contributed by atoms with Gasteiger partial charge in [-0.2, -0.15) is 0 Å². The summed E-state index contributed by atoms with van der Waals surface area (Å²) >= 11 is 0. The molecule has 0 saturated carbocycles. The molecule has 1 atom stereocenters. The molecule has 0 saturated heterocycles. The second kappa shape index (κ2) is 14.0. The number of ether oxygens (including phenoxy) is 1. The van der Waals surface area contributed by atoms with Gasteiger partial charge in [0, 0.05) is 0 Å². The largest absolute Gasteiger partial charge is 0.394 e. The standard InChI is InChI=1S/C15H31O2/c1-3-5-7-8-9-10-12-15(11-6-4-2)17-14-13-16/h15-16H,2-14H2,1H3. The summed E-state index contributed by atoms with van der Waals surface area (Å²) < 4.78 is 5.64. The molecule has 0 fully saturated rings. The summed E-state index contributed by atoms with van der Waals surface area (Å²) in [5.74, 6) is 0. The molecule has 0 aromatic carbocycles. The molecule has 0 heterocycles. The predicted molar refractivity (Wildman–Crippen MR) is 74.0 cm³/mol. The van der Waals surface area contributed by atoms with E-state index in [-0.39, 0.29) is 6.61 Å². The first kappa shape index (κ1) is 16.9. The van der Waals surface area contributed by atoms with E-state index in [9.17, 15) is 0 Å². The van der Waals surface area contributed by atoms with Crippen LogP contribution in [0.3, 0.4) is 0 Å². The molecule has 1 N–H and O–H groups in total. The van der Waals surface area contributed by atoms with Crippen molar-refractivity contribution in [2.75, 3.05) is 13.2 Å². The lowest BCUT2D eigenvalue weighted by atomic mass is 10.0. The summed E-state index contributed by atoms with van der Waals surface area (Å²) in [5.41, 5.74) is 0. The van der Waals surface area contributed by atoms with E-state index < -0.39 is 0 Å². The Bertz CT molecular complexity index is 129. The molecule has 0 aromatic rings. The quantitative estimate of drug-likeness (QED) is 0.493. The maximum Gasteiger partial charge on any atom is 0.0701 e. The topological polar surface area (TPSA) is 29.5 Å². The molecule has 1 unspecified atom stereocenters. The van der Waals surface area contributed by atoms with Gasteiger partial charge in [0.1, 0.15) is 0 Å². The van der Waals surface area contributed by atoms with Crippen LogP contribution in [0.2, 0.25) is 0 Å². The second-order valence-electron chi connectivity index (χ2n) is 4.77. The monoisotopic (exact) mass is 243 g/mol. The molecular weight excluding hydrogens is 212 g/mol. The molecule has 2 heteroatoms. The highest BCUT2D eigenvalue weighted by molar-refractivity contribution is 4.60. The molecule has 0 spiro atoms. The third-order valence-corrected chi connectivity index (χ3v) is 3.10. The van der Waals surface area contributed by atoms with Gasteiger partial charge in [-0.1, -0.05) is 65.2 Å². The van der Waals surface area contributed by atoms with Crippen molar-refractivity contribution in [2.24, 2.45) is 0 Å². The summed E-state index contributed by atoms with van der Waals surface area (Å²) in [7, 11) is 0. The van der Waals surface area contributed by atoms with E-state index in [0.717, 1.165) is 25.7 Å². The Morgan fingerprint density at radius 2 is 1.65 bits per heavy atom. The van der Waals surface area contributed by atoms with Crippen LogP contribution in [-0.2, 0) is 4.74 Å². The van der Waals surface area contributed by atoms with Crippen molar-refractivity contribution in [1.82, 2.24) is 0 Å². The van der Waals surface area contributed by atoms with Crippen LogP contribution in [0.5, 0.6) is 0 Å². The molecule has 0 amide bonds. The number of hydrogen-bond acceptors (Lipinski definition) is 2. The van der Waals surface area contributed by atoms with Crippen molar-refractivity contribution >= 4 is 0 Å². The first-order valence-corrected chi connectivity index (χ1v) is 7.36. The number of rotatable bonds is 13.